The van der Waals surface area contributed by atoms with Crippen molar-refractivity contribution in [3.05, 3.63) is 84.4 Å². The van der Waals surface area contributed by atoms with Crippen LogP contribution in [-0.4, -0.2) is 40.3 Å². The molecule has 3 rings (SSSR count). The van der Waals surface area contributed by atoms with Gasteiger partial charge in [0, 0.05) is 0 Å². The summed E-state index contributed by atoms with van der Waals surface area (Å²) in [5.41, 5.74) is 3.50. The molecule has 1 amide bonds. The number of hydrogen-bond acceptors (Lipinski definition) is 6. The van der Waals surface area contributed by atoms with Gasteiger partial charge in [0.2, 0.25) is 0 Å². The molecule has 0 radical (unpaired) electrons. The number of benzene rings is 3. The Balaban J connectivity index is 1.72. The van der Waals surface area contributed by atoms with Gasteiger partial charge in [-0.15, -0.1) is 0 Å². The third-order valence-corrected chi connectivity index (χ3v) is 6.71. The van der Waals surface area contributed by atoms with Crippen molar-refractivity contribution in [3.63, 3.8) is 0 Å². The molecule has 0 unspecified atom stereocenters. The first kappa shape index (κ1) is 26.7. The van der Waals surface area contributed by atoms with E-state index in [2.05, 4.69) is 24.4 Å². The Hall–Kier alpha value is -3.85. The highest BCUT2D eigenvalue weighted by atomic mass is 32.2. The van der Waals surface area contributed by atoms with Crippen molar-refractivity contribution in [1.82, 2.24) is 5.43 Å². The van der Waals surface area contributed by atoms with E-state index < -0.39 is 22.5 Å². The number of hydrazone groups is 1. The van der Waals surface area contributed by atoms with E-state index in [4.69, 9.17) is 9.47 Å². The highest BCUT2D eigenvalue weighted by Crippen LogP contribution is 2.25. The summed E-state index contributed by atoms with van der Waals surface area (Å²) in [6.45, 7) is 6.67. The molecule has 3 aromatic rings. The molecule has 0 aliphatic carbocycles. The number of carbonyl (C=O) groups is 1. The largest absolute Gasteiger partial charge is 0.494 e. The number of hydrogen-bond donors (Lipinski definition) is 1. The van der Waals surface area contributed by atoms with Gasteiger partial charge in [0.1, 0.15) is 18.0 Å². The quantitative estimate of drug-likeness (QED) is 0.287. The second-order valence-corrected chi connectivity index (χ2v) is 10.2. The van der Waals surface area contributed by atoms with E-state index >= 15 is 0 Å². The van der Waals surface area contributed by atoms with Gasteiger partial charge in [-0.2, -0.15) is 5.10 Å². The van der Waals surface area contributed by atoms with E-state index in [1.54, 1.807) is 42.5 Å². The molecule has 3 aromatic carbocycles. The Labute approximate surface area is 212 Å². The standard InChI is InChI=1S/C27H31N3O5S/c1-4-34-24-16-12-23(13-17-24)30(36(32,33)26-8-6-5-7-9-26)19-27(31)29-28-18-22-10-14-25(15-11-22)35-20-21(2)3/h5-18,21H,4,19-20H2,1-3H3,(H,29,31)/b28-18+. The average molecular weight is 510 g/mol. The molecule has 0 heterocycles. The van der Waals surface area contributed by atoms with Gasteiger partial charge >= 0.3 is 0 Å². The Bertz CT molecular complexity index is 1240. The van der Waals surface area contributed by atoms with E-state index in [0.29, 0.717) is 30.6 Å². The monoisotopic (exact) mass is 509 g/mol. The molecule has 1 N–H and O–H groups in total. The maximum absolute atomic E-state index is 13.4. The van der Waals surface area contributed by atoms with Crippen LogP contribution in [0.4, 0.5) is 5.69 Å². The Morgan fingerprint density at radius 1 is 0.944 bits per heavy atom. The number of anilines is 1. The number of nitrogens with zero attached hydrogens (tertiary/aromatic N) is 2. The van der Waals surface area contributed by atoms with Crippen molar-refractivity contribution in [2.45, 2.75) is 25.7 Å². The van der Waals surface area contributed by atoms with Gasteiger partial charge < -0.3 is 9.47 Å². The lowest BCUT2D eigenvalue weighted by atomic mass is 10.2. The molecule has 0 bridgehead atoms. The second kappa shape index (κ2) is 12.7. The summed E-state index contributed by atoms with van der Waals surface area (Å²) in [6.07, 6.45) is 1.48. The first-order valence-corrected chi connectivity index (χ1v) is 13.1. The van der Waals surface area contributed by atoms with Crippen LogP contribution in [0.3, 0.4) is 0 Å². The first-order valence-electron chi connectivity index (χ1n) is 11.6. The van der Waals surface area contributed by atoms with E-state index in [1.807, 2.05) is 31.2 Å². The molecule has 8 nitrogen and oxygen atoms in total. The smallest absolute Gasteiger partial charge is 0.264 e. The fourth-order valence-electron chi connectivity index (χ4n) is 3.17. The number of nitrogens with one attached hydrogen (secondary N) is 1. The molecule has 190 valence electrons. The molecule has 0 spiro atoms. The Morgan fingerprint density at radius 2 is 1.56 bits per heavy atom. The van der Waals surface area contributed by atoms with E-state index in [0.717, 1.165) is 15.6 Å². The van der Waals surface area contributed by atoms with E-state index in [1.165, 1.54) is 18.3 Å². The minimum atomic E-state index is -4.00. The predicted molar refractivity (Wildman–Crippen MR) is 141 cm³/mol. The minimum absolute atomic E-state index is 0.0787. The number of sulfonamides is 1. The van der Waals surface area contributed by atoms with Crippen molar-refractivity contribution < 1.29 is 22.7 Å². The summed E-state index contributed by atoms with van der Waals surface area (Å²) in [4.78, 5) is 12.8. The molecular weight excluding hydrogens is 478 g/mol. The number of rotatable bonds is 12. The van der Waals surface area contributed by atoms with Crippen molar-refractivity contribution in [1.29, 1.82) is 0 Å². The van der Waals surface area contributed by atoms with Crippen LogP contribution in [0.2, 0.25) is 0 Å². The van der Waals surface area contributed by atoms with Crippen molar-refractivity contribution in [3.8, 4) is 11.5 Å². The first-order chi connectivity index (χ1) is 17.3. The Kier molecular flexibility index (Phi) is 9.46. The average Bonchev–Trinajstić information content (AvgIpc) is 2.88. The summed E-state index contributed by atoms with van der Waals surface area (Å²) >= 11 is 0. The number of ether oxygens (including phenoxy) is 2. The van der Waals surface area contributed by atoms with Crippen LogP contribution in [0.25, 0.3) is 0 Å². The van der Waals surface area contributed by atoms with Crippen molar-refractivity contribution in [2.24, 2.45) is 11.0 Å². The molecule has 0 saturated heterocycles. The van der Waals surface area contributed by atoms with Gasteiger partial charge in [0.15, 0.2) is 0 Å². The fraction of sp³-hybridized carbons (Fsp3) is 0.259. The van der Waals surface area contributed by atoms with Crippen molar-refractivity contribution >= 4 is 27.8 Å². The molecule has 0 fully saturated rings. The van der Waals surface area contributed by atoms with Gasteiger partial charge in [-0.3, -0.25) is 9.10 Å². The third kappa shape index (κ3) is 7.58. The maximum Gasteiger partial charge on any atom is 0.264 e. The topological polar surface area (TPSA) is 97.3 Å². The zero-order chi connectivity index (χ0) is 26.0. The summed E-state index contributed by atoms with van der Waals surface area (Å²) in [6, 6.07) is 21.8. The van der Waals surface area contributed by atoms with Gasteiger partial charge in [0.05, 0.1) is 30.0 Å². The van der Waals surface area contributed by atoms with Gasteiger partial charge in [-0.1, -0.05) is 32.0 Å². The van der Waals surface area contributed by atoms with Crippen LogP contribution in [0, 0.1) is 5.92 Å². The van der Waals surface area contributed by atoms with Crippen LogP contribution in [0.15, 0.2) is 88.9 Å². The van der Waals surface area contributed by atoms with E-state index in [9.17, 15) is 13.2 Å². The summed E-state index contributed by atoms with van der Waals surface area (Å²) in [5.74, 6) is 1.20. The SMILES string of the molecule is CCOc1ccc(N(CC(=O)N/N=C/c2ccc(OCC(C)C)cc2)S(=O)(=O)c2ccccc2)cc1. The van der Waals surface area contributed by atoms with E-state index in [-0.39, 0.29) is 4.90 Å². The maximum atomic E-state index is 13.4. The van der Waals surface area contributed by atoms with Crippen LogP contribution in [-0.2, 0) is 14.8 Å². The summed E-state index contributed by atoms with van der Waals surface area (Å²) in [5, 5.41) is 3.98. The molecule has 36 heavy (non-hydrogen) atoms. The fourth-order valence-corrected chi connectivity index (χ4v) is 4.61. The zero-order valence-electron chi connectivity index (χ0n) is 20.6. The molecule has 0 atom stereocenters. The number of amides is 1. The molecular formula is C27H31N3O5S. The lowest BCUT2D eigenvalue weighted by molar-refractivity contribution is -0.119. The summed E-state index contributed by atoms with van der Waals surface area (Å²) < 4.78 is 38.9. The van der Waals surface area contributed by atoms with Gasteiger partial charge in [-0.05, 0) is 79.1 Å². The van der Waals surface area contributed by atoms with Crippen LogP contribution < -0.4 is 19.2 Å². The van der Waals surface area contributed by atoms with Gasteiger partial charge in [-0.25, -0.2) is 13.8 Å². The third-order valence-electron chi connectivity index (χ3n) is 4.92. The van der Waals surface area contributed by atoms with Crippen LogP contribution in [0.5, 0.6) is 11.5 Å². The summed E-state index contributed by atoms with van der Waals surface area (Å²) in [7, 11) is -4.00. The Morgan fingerprint density at radius 3 is 2.17 bits per heavy atom. The molecule has 0 aliphatic rings. The second-order valence-electron chi connectivity index (χ2n) is 8.32. The lowest BCUT2D eigenvalue weighted by Gasteiger charge is -2.24. The highest BCUT2D eigenvalue weighted by molar-refractivity contribution is 7.92. The molecule has 0 saturated carbocycles. The molecule has 0 aliphatic heterocycles. The molecule has 0 aromatic heterocycles. The van der Waals surface area contributed by atoms with Crippen LogP contribution in [0.1, 0.15) is 26.3 Å². The zero-order valence-corrected chi connectivity index (χ0v) is 21.4. The lowest BCUT2D eigenvalue weighted by Crippen LogP contribution is -2.39. The minimum Gasteiger partial charge on any atom is -0.494 e. The normalized spacial score (nSPS) is 11.4. The predicted octanol–water partition coefficient (Wildman–Crippen LogP) is 4.47. The van der Waals surface area contributed by atoms with Gasteiger partial charge in [0.25, 0.3) is 15.9 Å². The number of carbonyl (C=O) groups excluding carboxylic acids is 1. The molecule has 9 heteroatoms. The van der Waals surface area contributed by atoms with Crippen LogP contribution >= 0.6 is 0 Å². The highest BCUT2D eigenvalue weighted by Gasteiger charge is 2.27. The van der Waals surface area contributed by atoms with Crippen molar-refractivity contribution in [2.75, 3.05) is 24.1 Å².